The molecule has 7 heteroatoms. The molecular formula is C22H31N3O4. The Morgan fingerprint density at radius 2 is 2.00 bits per heavy atom. The third kappa shape index (κ3) is 3.41. The van der Waals surface area contributed by atoms with Gasteiger partial charge >= 0.3 is 5.97 Å². The van der Waals surface area contributed by atoms with Gasteiger partial charge in [-0.05, 0) is 24.0 Å². The number of carbonyl (C=O) groups excluding carboxylic acids is 1. The van der Waals surface area contributed by atoms with Crippen molar-refractivity contribution in [2.75, 3.05) is 18.7 Å². The molecule has 1 N–H and O–H groups in total. The summed E-state index contributed by atoms with van der Waals surface area (Å²) in [4.78, 5) is 31.0. The van der Waals surface area contributed by atoms with Gasteiger partial charge in [-0.3, -0.25) is 9.80 Å². The second-order valence-corrected chi connectivity index (χ2v) is 8.97. The summed E-state index contributed by atoms with van der Waals surface area (Å²) in [6.07, 6.45) is 0.214. The quantitative estimate of drug-likeness (QED) is 0.592. The maximum absolute atomic E-state index is 13.5. The van der Waals surface area contributed by atoms with Crippen LogP contribution in [0.5, 0.6) is 0 Å². The highest BCUT2D eigenvalue weighted by Crippen LogP contribution is 2.40. The maximum atomic E-state index is 13.5. The summed E-state index contributed by atoms with van der Waals surface area (Å²) in [7, 11) is 1.30. The first-order valence-electron chi connectivity index (χ1n) is 10.2. The number of hydrogen-bond donors (Lipinski definition) is 1. The molecule has 1 aliphatic heterocycles. The summed E-state index contributed by atoms with van der Waals surface area (Å²) in [5.74, 6) is -0.0254. The van der Waals surface area contributed by atoms with Crippen molar-refractivity contribution >= 4 is 16.9 Å². The standard InChI is InChI=1S/C22H31N3O4/c1-7-10-17(26)22(20(28)29-6)13-24(22)25-18(14(2)21(3,4)5)23-16-12-9-8-11-15(16)19(25)27/h8-9,11-12,14,17,26H,7,10,13H2,1-6H3/t14?,17-,22-,24?/m0/s1. The van der Waals surface area contributed by atoms with Gasteiger partial charge in [0.25, 0.3) is 5.56 Å². The zero-order valence-electron chi connectivity index (χ0n) is 18.1. The van der Waals surface area contributed by atoms with Crippen LogP contribution in [-0.4, -0.2) is 46.0 Å². The van der Waals surface area contributed by atoms with Gasteiger partial charge in [-0.25, -0.2) is 14.5 Å². The monoisotopic (exact) mass is 401 g/mol. The van der Waals surface area contributed by atoms with Crippen molar-refractivity contribution in [3.63, 3.8) is 0 Å². The Morgan fingerprint density at radius 1 is 1.34 bits per heavy atom. The van der Waals surface area contributed by atoms with Crippen LogP contribution < -0.4 is 10.6 Å². The fourth-order valence-corrected chi connectivity index (χ4v) is 3.76. The number of aliphatic hydroxyl groups excluding tert-OH is 1. The number of para-hydroxylation sites is 1. The third-order valence-corrected chi connectivity index (χ3v) is 6.11. The molecule has 1 fully saturated rings. The molecule has 1 aromatic heterocycles. The molecule has 0 radical (unpaired) electrons. The van der Waals surface area contributed by atoms with Crippen molar-refractivity contribution in [1.29, 1.82) is 0 Å². The van der Waals surface area contributed by atoms with E-state index in [1.54, 1.807) is 17.1 Å². The van der Waals surface area contributed by atoms with E-state index < -0.39 is 17.6 Å². The Bertz CT molecular complexity index is 978. The molecule has 158 valence electrons. The van der Waals surface area contributed by atoms with Gasteiger partial charge in [0.05, 0.1) is 30.7 Å². The fourth-order valence-electron chi connectivity index (χ4n) is 3.76. The normalized spacial score (nSPS) is 21.1. The van der Waals surface area contributed by atoms with Crippen LogP contribution in [0.3, 0.4) is 0 Å². The summed E-state index contributed by atoms with van der Waals surface area (Å²) in [5, 5.41) is 12.9. The number of carbonyl (C=O) groups is 1. The summed E-state index contributed by atoms with van der Waals surface area (Å²) < 4.78 is 6.51. The van der Waals surface area contributed by atoms with Gasteiger partial charge in [0.15, 0.2) is 5.54 Å². The van der Waals surface area contributed by atoms with E-state index in [4.69, 9.17) is 9.72 Å². The molecule has 29 heavy (non-hydrogen) atoms. The van der Waals surface area contributed by atoms with Gasteiger partial charge in [-0.2, -0.15) is 0 Å². The third-order valence-electron chi connectivity index (χ3n) is 6.11. The topological polar surface area (TPSA) is 84.4 Å². The Labute approximate surface area is 171 Å². The Hall–Kier alpha value is -2.41. The average Bonchev–Trinajstić information content (AvgIpc) is 3.42. The minimum Gasteiger partial charge on any atom is -0.467 e. The van der Waals surface area contributed by atoms with Crippen LogP contribution in [0.15, 0.2) is 29.1 Å². The number of aliphatic hydroxyl groups is 1. The number of aromatic nitrogens is 2. The molecule has 1 saturated heterocycles. The van der Waals surface area contributed by atoms with E-state index in [2.05, 4.69) is 20.8 Å². The Balaban J connectivity index is 2.24. The summed E-state index contributed by atoms with van der Waals surface area (Å²) in [5.41, 5.74) is -1.03. The van der Waals surface area contributed by atoms with Crippen molar-refractivity contribution in [3.8, 4) is 0 Å². The number of nitrogens with zero attached hydrogens (tertiary/aromatic N) is 3. The van der Waals surface area contributed by atoms with Crippen molar-refractivity contribution in [2.24, 2.45) is 5.41 Å². The molecule has 0 aliphatic carbocycles. The second kappa shape index (κ2) is 7.44. The molecule has 1 aliphatic rings. The molecular weight excluding hydrogens is 370 g/mol. The highest BCUT2D eigenvalue weighted by atomic mass is 16.5. The molecule has 3 rings (SSSR count). The molecule has 0 amide bonds. The first-order valence-corrected chi connectivity index (χ1v) is 10.2. The van der Waals surface area contributed by atoms with Crippen LogP contribution in [0.25, 0.3) is 10.9 Å². The lowest BCUT2D eigenvalue weighted by Gasteiger charge is -2.30. The number of ether oxygens (including phenoxy) is 1. The summed E-state index contributed by atoms with van der Waals surface area (Å²) in [6, 6.07) is 7.20. The zero-order valence-corrected chi connectivity index (χ0v) is 18.1. The SMILES string of the molecule is CCC[C@H](O)[C@]1(C(=O)OC)CN1n1c(C(C)C(C)(C)C)nc2ccccc2c1=O. The van der Waals surface area contributed by atoms with E-state index in [0.29, 0.717) is 29.6 Å². The first-order chi connectivity index (χ1) is 13.6. The Kier molecular flexibility index (Phi) is 5.47. The number of methoxy groups -OCH3 is 1. The molecule has 3 atom stereocenters. The molecule has 1 aromatic carbocycles. The largest absolute Gasteiger partial charge is 0.467 e. The van der Waals surface area contributed by atoms with E-state index in [1.165, 1.54) is 11.8 Å². The number of benzene rings is 1. The molecule has 2 aromatic rings. The molecule has 0 saturated carbocycles. The molecule has 0 bridgehead atoms. The lowest BCUT2D eigenvalue weighted by atomic mass is 9.81. The maximum Gasteiger partial charge on any atom is 0.337 e. The lowest BCUT2D eigenvalue weighted by molar-refractivity contribution is -0.146. The summed E-state index contributed by atoms with van der Waals surface area (Å²) >= 11 is 0. The Morgan fingerprint density at radius 3 is 2.59 bits per heavy atom. The zero-order chi connectivity index (χ0) is 21.6. The van der Waals surface area contributed by atoms with Gasteiger partial charge in [0, 0.05) is 5.92 Å². The van der Waals surface area contributed by atoms with Crippen molar-refractivity contribution < 1.29 is 14.6 Å². The van der Waals surface area contributed by atoms with Crippen LogP contribution >= 0.6 is 0 Å². The minimum atomic E-state index is -1.26. The van der Waals surface area contributed by atoms with Crippen LogP contribution in [0.2, 0.25) is 0 Å². The smallest absolute Gasteiger partial charge is 0.337 e. The van der Waals surface area contributed by atoms with Gasteiger partial charge in [0.2, 0.25) is 0 Å². The number of hydrogen-bond acceptors (Lipinski definition) is 6. The van der Waals surface area contributed by atoms with Crippen LogP contribution in [0.1, 0.15) is 59.2 Å². The predicted octanol–water partition coefficient (Wildman–Crippen LogP) is 2.57. The van der Waals surface area contributed by atoms with Crippen LogP contribution in [0.4, 0.5) is 0 Å². The van der Waals surface area contributed by atoms with Crippen molar-refractivity contribution in [2.45, 2.75) is 65.0 Å². The number of fused-ring (bicyclic) bond motifs is 1. The van der Waals surface area contributed by atoms with Gasteiger partial charge in [-0.1, -0.05) is 53.2 Å². The highest BCUT2D eigenvalue weighted by Gasteiger charge is 2.66. The fraction of sp³-hybridized carbons (Fsp3) is 0.591. The van der Waals surface area contributed by atoms with Crippen LogP contribution in [-0.2, 0) is 9.53 Å². The second-order valence-electron chi connectivity index (χ2n) is 8.97. The summed E-state index contributed by atoms with van der Waals surface area (Å²) in [6.45, 7) is 10.4. The highest BCUT2D eigenvalue weighted by molar-refractivity contribution is 5.90. The number of rotatable bonds is 6. The molecule has 2 heterocycles. The van der Waals surface area contributed by atoms with Gasteiger partial charge < -0.3 is 9.84 Å². The van der Waals surface area contributed by atoms with Crippen molar-refractivity contribution in [1.82, 2.24) is 9.66 Å². The van der Waals surface area contributed by atoms with Crippen LogP contribution in [0, 0.1) is 5.41 Å². The molecule has 1 unspecified atom stereocenters. The average molecular weight is 402 g/mol. The minimum absolute atomic E-state index is 0.0703. The first kappa shape index (κ1) is 21.3. The molecule has 0 spiro atoms. The van der Waals surface area contributed by atoms with E-state index in [1.807, 2.05) is 26.0 Å². The van der Waals surface area contributed by atoms with Gasteiger partial charge in [0.1, 0.15) is 5.82 Å². The number of esters is 1. The van der Waals surface area contributed by atoms with E-state index in [9.17, 15) is 14.7 Å². The van der Waals surface area contributed by atoms with E-state index in [0.717, 1.165) is 0 Å². The van der Waals surface area contributed by atoms with E-state index in [-0.39, 0.29) is 23.4 Å². The van der Waals surface area contributed by atoms with E-state index >= 15 is 0 Å². The van der Waals surface area contributed by atoms with Gasteiger partial charge in [-0.15, -0.1) is 0 Å². The van der Waals surface area contributed by atoms with Crippen molar-refractivity contribution in [3.05, 3.63) is 40.4 Å². The predicted molar refractivity (Wildman–Crippen MR) is 113 cm³/mol. The lowest BCUT2D eigenvalue weighted by Crippen LogP contribution is -2.48. The molecule has 7 nitrogen and oxygen atoms in total.